The van der Waals surface area contributed by atoms with E-state index in [1.807, 2.05) is 36.4 Å². The third-order valence-corrected chi connectivity index (χ3v) is 10.6. The van der Waals surface area contributed by atoms with Crippen LogP contribution in [0.25, 0.3) is 67.3 Å². The van der Waals surface area contributed by atoms with Gasteiger partial charge < -0.3 is 13.7 Å². The third kappa shape index (κ3) is 7.39. The number of fused-ring (bicyclic) bond motifs is 4. The predicted octanol–water partition coefficient (Wildman–Crippen LogP) is 15.2. The average Bonchev–Trinajstić information content (AvgIpc) is 3.80. The lowest BCUT2D eigenvalue weighted by molar-refractivity contribution is 0.601. The minimum atomic E-state index is 0.789. The molecule has 3 nitrogen and oxygen atoms in total. The second-order valence-corrected chi connectivity index (χ2v) is 14.2. The lowest BCUT2D eigenvalue weighted by Gasteiger charge is -2.26. The van der Waals surface area contributed by atoms with Gasteiger partial charge in [0.2, 0.25) is 0 Å². The van der Waals surface area contributed by atoms with Gasteiger partial charge in [-0.05, 0) is 113 Å². The van der Waals surface area contributed by atoms with Crippen molar-refractivity contribution in [1.29, 1.82) is 0 Å². The van der Waals surface area contributed by atoms with Crippen molar-refractivity contribution in [2.24, 2.45) is 0 Å². The number of para-hydroxylation sites is 2. The molecule has 0 atom stereocenters. The molecule has 57 heavy (non-hydrogen) atoms. The second kappa shape index (κ2) is 15.8. The largest absolute Gasteiger partial charge is 0.456 e. The molecular formula is C54H41NO2. The standard InChI is InChI=1S/C54H41NO2/c1-3-45(17-11-13-39-23-27-42(28-24-39)41-15-5-4-6-16-41)55(46-32-25-40(26-33-46)14-12-22-51-38(2)48-18-7-9-20-52(48)56-51)47-34-29-43(30-35-47)44-31-36-54-50(37-44)49-19-8-10-21-53(49)57-54/h3-13,15-37H,1,14H2,2H3/b13-11+,22-12-,45-17+. The summed E-state index contributed by atoms with van der Waals surface area (Å²) in [6.45, 7) is 6.37. The highest BCUT2D eigenvalue weighted by Crippen LogP contribution is 2.36. The molecule has 2 heterocycles. The molecule has 0 N–H and O–H groups in total. The first-order valence-corrected chi connectivity index (χ1v) is 19.3. The lowest BCUT2D eigenvalue weighted by atomic mass is 10.0. The van der Waals surface area contributed by atoms with Crippen LogP contribution in [0.15, 0.2) is 215 Å². The summed E-state index contributed by atoms with van der Waals surface area (Å²) in [5, 5.41) is 3.40. The molecule has 0 spiro atoms. The van der Waals surface area contributed by atoms with Gasteiger partial charge >= 0.3 is 0 Å². The fourth-order valence-electron chi connectivity index (χ4n) is 7.50. The van der Waals surface area contributed by atoms with Crippen LogP contribution in [0.4, 0.5) is 11.4 Å². The van der Waals surface area contributed by atoms with Crippen molar-refractivity contribution in [2.75, 3.05) is 4.90 Å². The first-order chi connectivity index (χ1) is 28.1. The summed E-state index contributed by atoms with van der Waals surface area (Å²) in [6, 6.07) is 59.4. The first kappa shape index (κ1) is 35.3. The van der Waals surface area contributed by atoms with E-state index in [1.165, 1.54) is 16.7 Å². The Morgan fingerprint density at radius 1 is 0.544 bits per heavy atom. The lowest BCUT2D eigenvalue weighted by Crippen LogP contribution is -2.15. The minimum Gasteiger partial charge on any atom is -0.456 e. The van der Waals surface area contributed by atoms with Crippen LogP contribution in [0.3, 0.4) is 0 Å². The normalized spacial score (nSPS) is 12.1. The number of anilines is 2. The van der Waals surface area contributed by atoms with Crippen molar-refractivity contribution in [1.82, 2.24) is 0 Å². The zero-order chi connectivity index (χ0) is 38.6. The van der Waals surface area contributed by atoms with E-state index in [0.29, 0.717) is 0 Å². The van der Waals surface area contributed by atoms with E-state index in [1.54, 1.807) is 0 Å². The van der Waals surface area contributed by atoms with E-state index in [-0.39, 0.29) is 0 Å². The summed E-state index contributed by atoms with van der Waals surface area (Å²) < 4.78 is 12.2. The number of nitrogens with zero attached hydrogens (tertiary/aromatic N) is 1. The highest BCUT2D eigenvalue weighted by molar-refractivity contribution is 6.06. The van der Waals surface area contributed by atoms with E-state index in [0.717, 1.165) is 84.4 Å². The van der Waals surface area contributed by atoms with E-state index >= 15 is 0 Å². The SMILES string of the molecule is C=C/C(=C\C=C\c1ccc(-c2ccccc2)cc1)N(c1ccc(C/C=C\c2oc3ccccc3c2C)cc1)c1ccc(-c2ccc3oc4ccccc4c3c2)cc1. The van der Waals surface area contributed by atoms with E-state index < -0.39 is 0 Å². The van der Waals surface area contributed by atoms with Gasteiger partial charge in [-0.3, -0.25) is 0 Å². The fraction of sp³-hybridized carbons (Fsp3) is 0.0370. The van der Waals surface area contributed by atoms with Crippen molar-refractivity contribution >= 4 is 56.4 Å². The maximum atomic E-state index is 6.11. The van der Waals surface area contributed by atoms with Gasteiger partial charge in [0.25, 0.3) is 0 Å². The molecular weight excluding hydrogens is 695 g/mol. The van der Waals surface area contributed by atoms with E-state index in [2.05, 4.69) is 188 Å². The van der Waals surface area contributed by atoms with Crippen LogP contribution in [0.1, 0.15) is 22.5 Å². The monoisotopic (exact) mass is 735 g/mol. The zero-order valence-corrected chi connectivity index (χ0v) is 31.8. The van der Waals surface area contributed by atoms with E-state index in [4.69, 9.17) is 8.83 Å². The van der Waals surface area contributed by atoms with Crippen LogP contribution in [-0.2, 0) is 6.42 Å². The number of hydrogen-bond acceptors (Lipinski definition) is 3. The molecule has 0 saturated heterocycles. The van der Waals surface area contributed by atoms with Gasteiger partial charge in [-0.1, -0.05) is 146 Å². The molecule has 3 heteroatoms. The Morgan fingerprint density at radius 3 is 1.84 bits per heavy atom. The molecule has 0 aliphatic rings. The Morgan fingerprint density at radius 2 is 1.12 bits per heavy atom. The second-order valence-electron chi connectivity index (χ2n) is 14.2. The van der Waals surface area contributed by atoms with Crippen molar-refractivity contribution in [3.63, 3.8) is 0 Å². The summed E-state index contributed by atoms with van der Waals surface area (Å²) >= 11 is 0. The number of hydrogen-bond donors (Lipinski definition) is 0. The number of rotatable bonds is 11. The number of benzene rings is 7. The maximum Gasteiger partial charge on any atom is 0.135 e. The number of allylic oxidation sites excluding steroid dienone is 4. The highest BCUT2D eigenvalue weighted by Gasteiger charge is 2.14. The van der Waals surface area contributed by atoms with Gasteiger partial charge in [0.05, 0.1) is 0 Å². The summed E-state index contributed by atoms with van der Waals surface area (Å²) in [5.74, 6) is 0.904. The molecule has 0 amide bonds. The first-order valence-electron chi connectivity index (χ1n) is 19.3. The topological polar surface area (TPSA) is 29.5 Å². The Labute approximate surface area is 333 Å². The molecule has 0 fully saturated rings. The van der Waals surface area contributed by atoms with Crippen LogP contribution in [-0.4, -0.2) is 0 Å². The van der Waals surface area contributed by atoms with Crippen molar-refractivity contribution in [2.45, 2.75) is 13.3 Å². The molecule has 0 aliphatic carbocycles. The van der Waals surface area contributed by atoms with Crippen LogP contribution in [0.5, 0.6) is 0 Å². The summed E-state index contributed by atoms with van der Waals surface area (Å²) in [6.07, 6.45) is 13.3. The molecule has 2 aromatic heterocycles. The Bertz CT molecular complexity index is 2920. The molecule has 9 aromatic rings. The van der Waals surface area contributed by atoms with E-state index in [9.17, 15) is 0 Å². The molecule has 0 bridgehead atoms. The molecule has 9 rings (SSSR count). The van der Waals surface area contributed by atoms with Gasteiger partial charge in [-0.15, -0.1) is 0 Å². The highest BCUT2D eigenvalue weighted by atomic mass is 16.3. The van der Waals surface area contributed by atoms with Crippen LogP contribution in [0.2, 0.25) is 0 Å². The van der Waals surface area contributed by atoms with Gasteiger partial charge in [0, 0.05) is 38.8 Å². The van der Waals surface area contributed by atoms with Gasteiger partial charge in [0.15, 0.2) is 0 Å². The summed E-state index contributed by atoms with van der Waals surface area (Å²) in [7, 11) is 0. The van der Waals surface area contributed by atoms with Crippen LogP contribution < -0.4 is 4.90 Å². The molecule has 0 aliphatic heterocycles. The third-order valence-electron chi connectivity index (χ3n) is 10.6. The predicted molar refractivity (Wildman–Crippen MR) is 241 cm³/mol. The molecule has 7 aromatic carbocycles. The Kier molecular flexibility index (Phi) is 9.79. The molecule has 274 valence electrons. The average molecular weight is 736 g/mol. The minimum absolute atomic E-state index is 0.789. The smallest absolute Gasteiger partial charge is 0.135 e. The fourth-order valence-corrected chi connectivity index (χ4v) is 7.50. The zero-order valence-electron chi connectivity index (χ0n) is 31.8. The summed E-state index contributed by atoms with van der Waals surface area (Å²) in [5.41, 5.74) is 13.9. The van der Waals surface area contributed by atoms with Crippen molar-refractivity contribution in [3.05, 3.63) is 229 Å². The number of furan rings is 2. The number of aryl methyl sites for hydroxylation is 1. The van der Waals surface area contributed by atoms with Gasteiger partial charge in [-0.25, -0.2) is 0 Å². The molecule has 0 radical (unpaired) electrons. The molecule has 0 unspecified atom stereocenters. The molecule has 0 saturated carbocycles. The van der Waals surface area contributed by atoms with Gasteiger partial charge in [0.1, 0.15) is 22.5 Å². The van der Waals surface area contributed by atoms with Gasteiger partial charge in [-0.2, -0.15) is 0 Å². The van der Waals surface area contributed by atoms with Crippen LogP contribution >= 0.6 is 0 Å². The summed E-state index contributed by atoms with van der Waals surface area (Å²) in [4.78, 5) is 2.25. The Hall–Kier alpha value is -7.36. The quantitative estimate of drug-likeness (QED) is 0.124. The van der Waals surface area contributed by atoms with Crippen LogP contribution in [0, 0.1) is 6.92 Å². The maximum absolute atomic E-state index is 6.11. The van der Waals surface area contributed by atoms with Crippen molar-refractivity contribution in [3.8, 4) is 22.3 Å². The van der Waals surface area contributed by atoms with Crippen molar-refractivity contribution < 1.29 is 8.83 Å². The Balaban J connectivity index is 1.00.